The molecular formula is C25H28ClN5O. The van der Waals surface area contributed by atoms with Crippen molar-refractivity contribution in [3.63, 3.8) is 0 Å². The fraction of sp³-hybridized carbons (Fsp3) is 0.360. The summed E-state index contributed by atoms with van der Waals surface area (Å²) >= 11 is 6.09. The molecule has 7 heteroatoms. The zero-order chi connectivity index (χ0) is 22.7. The number of hydrogen-bond acceptors (Lipinski definition) is 5. The molecule has 0 bridgehead atoms. The van der Waals surface area contributed by atoms with Crippen molar-refractivity contribution in [2.45, 2.75) is 39.0 Å². The number of halogens is 1. The van der Waals surface area contributed by atoms with Gasteiger partial charge in [0, 0.05) is 59.3 Å². The van der Waals surface area contributed by atoms with E-state index in [1.807, 2.05) is 49.1 Å². The summed E-state index contributed by atoms with van der Waals surface area (Å²) in [5.74, 6) is 0.733. The van der Waals surface area contributed by atoms with Crippen LogP contribution in [0.4, 0.5) is 5.95 Å². The molecule has 3 aromatic rings. The third-order valence-electron chi connectivity index (χ3n) is 6.06. The van der Waals surface area contributed by atoms with E-state index in [2.05, 4.69) is 16.0 Å². The van der Waals surface area contributed by atoms with Crippen molar-refractivity contribution in [2.24, 2.45) is 5.92 Å². The Morgan fingerprint density at radius 2 is 1.88 bits per heavy atom. The van der Waals surface area contributed by atoms with E-state index in [1.165, 1.54) is 0 Å². The molecule has 32 heavy (non-hydrogen) atoms. The van der Waals surface area contributed by atoms with Crippen LogP contribution in [0.3, 0.4) is 0 Å². The zero-order valence-corrected chi connectivity index (χ0v) is 19.2. The number of aryl methyl sites for hydroxylation is 1. The molecule has 0 aliphatic carbocycles. The Labute approximate surface area is 193 Å². The van der Waals surface area contributed by atoms with Gasteiger partial charge < -0.3 is 10.6 Å². The van der Waals surface area contributed by atoms with Crippen LogP contribution in [0.15, 0.2) is 48.8 Å². The molecule has 1 fully saturated rings. The molecule has 2 aromatic heterocycles. The number of rotatable bonds is 5. The van der Waals surface area contributed by atoms with Gasteiger partial charge in [-0.3, -0.25) is 9.78 Å². The second-order valence-electron chi connectivity index (χ2n) is 8.59. The predicted molar refractivity (Wildman–Crippen MR) is 127 cm³/mol. The second-order valence-corrected chi connectivity index (χ2v) is 9.02. The standard InChI is InChI=1S/C25H28ClN5O/c1-16(10-18-4-3-5-22(26)12-18)24(32)31-8-6-19(7-9-31)23-13-20(11-17(2)30-23)21-14-28-25(27)29-15-21/h3-5,11-16,19H,6-10H2,1-2H3,(H2,27,28,29). The first kappa shape index (κ1) is 22.2. The number of benzene rings is 1. The van der Waals surface area contributed by atoms with Crippen LogP contribution in [0.1, 0.15) is 42.6 Å². The topological polar surface area (TPSA) is 85.0 Å². The lowest BCUT2D eigenvalue weighted by Gasteiger charge is -2.33. The molecular weight excluding hydrogens is 422 g/mol. The molecule has 6 nitrogen and oxygen atoms in total. The lowest BCUT2D eigenvalue weighted by Crippen LogP contribution is -2.41. The lowest BCUT2D eigenvalue weighted by molar-refractivity contribution is -0.136. The summed E-state index contributed by atoms with van der Waals surface area (Å²) in [7, 11) is 0. The number of pyridine rings is 1. The summed E-state index contributed by atoms with van der Waals surface area (Å²) in [5.41, 5.74) is 10.7. The number of likely N-dealkylation sites (tertiary alicyclic amines) is 1. The molecule has 4 rings (SSSR count). The maximum absolute atomic E-state index is 13.0. The molecule has 0 spiro atoms. The first-order valence-electron chi connectivity index (χ1n) is 11.0. The summed E-state index contributed by atoms with van der Waals surface area (Å²) in [4.78, 5) is 28.0. The molecule has 1 unspecified atom stereocenters. The van der Waals surface area contributed by atoms with Gasteiger partial charge in [0.25, 0.3) is 0 Å². The van der Waals surface area contributed by atoms with Crippen molar-refractivity contribution >= 4 is 23.5 Å². The maximum Gasteiger partial charge on any atom is 0.225 e. The number of hydrogen-bond donors (Lipinski definition) is 1. The largest absolute Gasteiger partial charge is 0.368 e. The first-order valence-corrected chi connectivity index (χ1v) is 11.4. The summed E-state index contributed by atoms with van der Waals surface area (Å²) in [5, 5.41) is 0.707. The minimum absolute atomic E-state index is 0.0702. The van der Waals surface area contributed by atoms with E-state index in [0.29, 0.717) is 17.4 Å². The van der Waals surface area contributed by atoms with Gasteiger partial charge in [-0.1, -0.05) is 30.7 Å². The van der Waals surface area contributed by atoms with Gasteiger partial charge in [-0.25, -0.2) is 9.97 Å². The fourth-order valence-corrected chi connectivity index (χ4v) is 4.58. The molecule has 1 atom stereocenters. The number of anilines is 1. The first-order chi connectivity index (χ1) is 15.4. The van der Waals surface area contributed by atoms with Gasteiger partial charge in [0.15, 0.2) is 0 Å². The smallest absolute Gasteiger partial charge is 0.225 e. The van der Waals surface area contributed by atoms with E-state index in [9.17, 15) is 4.79 Å². The Hall–Kier alpha value is -2.99. The molecule has 3 heterocycles. The SMILES string of the molecule is Cc1cc(-c2cnc(N)nc2)cc(C2CCN(C(=O)C(C)Cc3cccc(Cl)c3)CC2)n1. The Morgan fingerprint density at radius 3 is 2.56 bits per heavy atom. The Kier molecular flexibility index (Phi) is 6.70. The van der Waals surface area contributed by atoms with Gasteiger partial charge in [-0.15, -0.1) is 0 Å². The highest BCUT2D eigenvalue weighted by atomic mass is 35.5. The van der Waals surface area contributed by atoms with Gasteiger partial charge in [-0.2, -0.15) is 0 Å². The molecule has 1 saturated heterocycles. The van der Waals surface area contributed by atoms with E-state index in [4.69, 9.17) is 22.3 Å². The fourth-order valence-electron chi connectivity index (χ4n) is 4.37. The van der Waals surface area contributed by atoms with E-state index >= 15 is 0 Å². The highest BCUT2D eigenvalue weighted by Gasteiger charge is 2.27. The van der Waals surface area contributed by atoms with Crippen molar-refractivity contribution in [1.82, 2.24) is 19.9 Å². The van der Waals surface area contributed by atoms with Crippen LogP contribution in [0.25, 0.3) is 11.1 Å². The molecule has 0 radical (unpaired) electrons. The van der Waals surface area contributed by atoms with Crippen LogP contribution in [0.5, 0.6) is 0 Å². The molecule has 1 aliphatic rings. The minimum Gasteiger partial charge on any atom is -0.368 e. The number of nitrogen functional groups attached to an aromatic ring is 1. The predicted octanol–water partition coefficient (Wildman–Crippen LogP) is 4.67. The summed E-state index contributed by atoms with van der Waals surface area (Å²) in [6, 6.07) is 11.9. The van der Waals surface area contributed by atoms with E-state index < -0.39 is 0 Å². The zero-order valence-electron chi connectivity index (χ0n) is 18.5. The van der Waals surface area contributed by atoms with Crippen LogP contribution >= 0.6 is 11.6 Å². The van der Waals surface area contributed by atoms with Crippen molar-refractivity contribution in [2.75, 3.05) is 18.8 Å². The van der Waals surface area contributed by atoms with Gasteiger partial charge in [-0.05, 0) is 61.6 Å². The summed E-state index contributed by atoms with van der Waals surface area (Å²) in [6.45, 7) is 5.50. The molecule has 1 aliphatic heterocycles. The second kappa shape index (κ2) is 9.65. The van der Waals surface area contributed by atoms with E-state index in [0.717, 1.165) is 54.0 Å². The normalized spacial score (nSPS) is 15.5. The van der Waals surface area contributed by atoms with Gasteiger partial charge in [0.1, 0.15) is 0 Å². The van der Waals surface area contributed by atoms with Crippen LogP contribution in [0, 0.1) is 12.8 Å². The molecule has 1 aromatic carbocycles. The number of carbonyl (C=O) groups is 1. The van der Waals surface area contributed by atoms with Crippen molar-refractivity contribution < 1.29 is 4.79 Å². The summed E-state index contributed by atoms with van der Waals surface area (Å²) < 4.78 is 0. The van der Waals surface area contributed by atoms with Crippen molar-refractivity contribution in [3.8, 4) is 11.1 Å². The van der Waals surface area contributed by atoms with Crippen molar-refractivity contribution in [1.29, 1.82) is 0 Å². The molecule has 1 amide bonds. The number of piperidine rings is 1. The maximum atomic E-state index is 13.0. The van der Waals surface area contributed by atoms with Gasteiger partial charge >= 0.3 is 0 Å². The third kappa shape index (κ3) is 5.25. The Balaban J connectivity index is 1.40. The van der Waals surface area contributed by atoms with Crippen molar-refractivity contribution in [3.05, 3.63) is 70.8 Å². The van der Waals surface area contributed by atoms with E-state index in [-0.39, 0.29) is 17.8 Å². The van der Waals surface area contributed by atoms with Crippen LogP contribution in [-0.4, -0.2) is 38.8 Å². The van der Waals surface area contributed by atoms with Gasteiger partial charge in [0.05, 0.1) is 0 Å². The van der Waals surface area contributed by atoms with E-state index in [1.54, 1.807) is 12.4 Å². The van der Waals surface area contributed by atoms with Gasteiger partial charge in [0.2, 0.25) is 11.9 Å². The highest BCUT2D eigenvalue weighted by molar-refractivity contribution is 6.30. The third-order valence-corrected chi connectivity index (χ3v) is 6.29. The van der Waals surface area contributed by atoms with Crippen LogP contribution in [0.2, 0.25) is 5.02 Å². The molecule has 2 N–H and O–H groups in total. The lowest BCUT2D eigenvalue weighted by atomic mass is 9.90. The monoisotopic (exact) mass is 449 g/mol. The molecule has 166 valence electrons. The number of carbonyl (C=O) groups excluding carboxylic acids is 1. The van der Waals surface area contributed by atoms with Crippen LogP contribution in [-0.2, 0) is 11.2 Å². The number of amides is 1. The number of aromatic nitrogens is 3. The quantitative estimate of drug-likeness (QED) is 0.611. The summed E-state index contributed by atoms with van der Waals surface area (Å²) in [6.07, 6.45) is 5.99. The van der Waals surface area contributed by atoms with Crippen LogP contribution < -0.4 is 5.73 Å². The average Bonchev–Trinajstić information content (AvgIpc) is 2.79. The Morgan fingerprint density at radius 1 is 1.16 bits per heavy atom. The number of nitrogens with two attached hydrogens (primary N) is 1. The Bertz CT molecular complexity index is 1090. The average molecular weight is 450 g/mol. The number of nitrogens with zero attached hydrogens (tertiary/aromatic N) is 4. The minimum atomic E-state index is -0.0702. The highest BCUT2D eigenvalue weighted by Crippen LogP contribution is 2.31. The molecule has 0 saturated carbocycles.